The van der Waals surface area contributed by atoms with Gasteiger partial charge in [-0.2, -0.15) is 0 Å². The molecule has 0 fully saturated rings. The van der Waals surface area contributed by atoms with Gasteiger partial charge in [-0.15, -0.1) is 0 Å². The van der Waals surface area contributed by atoms with Crippen molar-refractivity contribution in [1.82, 2.24) is 9.55 Å². The van der Waals surface area contributed by atoms with Crippen molar-refractivity contribution in [3.63, 3.8) is 0 Å². The van der Waals surface area contributed by atoms with Gasteiger partial charge in [0, 0.05) is 42.9 Å². The number of para-hydroxylation sites is 1. The minimum Gasteiger partial charge on any atom is -0.355 e. The van der Waals surface area contributed by atoms with Crippen molar-refractivity contribution in [2.75, 3.05) is 0 Å². The lowest BCUT2D eigenvalue weighted by molar-refractivity contribution is 1.11. The fourth-order valence-electron chi connectivity index (χ4n) is 4.83. The highest BCUT2D eigenvalue weighted by molar-refractivity contribution is 9.10. The third-order valence-corrected chi connectivity index (χ3v) is 6.84. The van der Waals surface area contributed by atoms with Crippen molar-refractivity contribution in [2.45, 2.75) is 0 Å². The summed E-state index contributed by atoms with van der Waals surface area (Å²) in [4.78, 5) is 3.52. The molecule has 33 heavy (non-hydrogen) atoms. The van der Waals surface area contributed by atoms with E-state index in [1.165, 1.54) is 27.3 Å². The summed E-state index contributed by atoms with van der Waals surface area (Å²) in [6.07, 6.45) is 3.85. The van der Waals surface area contributed by atoms with Gasteiger partial charge in [0.2, 0.25) is 0 Å². The van der Waals surface area contributed by atoms with Crippen molar-refractivity contribution >= 4 is 60.8 Å². The fraction of sp³-hybridized carbons (Fsp3) is 0. The highest BCUT2D eigenvalue weighted by atomic mass is 79.9. The molecule has 2 nitrogen and oxygen atoms in total. The van der Waals surface area contributed by atoms with Gasteiger partial charge in [0.15, 0.2) is 0 Å². The first-order chi connectivity index (χ1) is 16.2. The molecule has 4 aromatic carbocycles. The Kier molecular flexibility index (Phi) is 4.60. The van der Waals surface area contributed by atoms with Gasteiger partial charge in [0.05, 0.1) is 11.2 Å². The average Bonchev–Trinajstić information content (AvgIpc) is 3.38. The second-order valence-corrected chi connectivity index (χ2v) is 9.10. The standard InChI is InChI=1S/C30H21BrN2/c1-3-23-26-17-20(11-15-30(26)33(29(23)4-2)22-8-6-5-7-9-22)19-10-13-27-24(16-19)25-18-21(31)12-14-28(25)32-27/h3-18,32H,1-2H2. The van der Waals surface area contributed by atoms with E-state index in [1.54, 1.807) is 0 Å². The largest absolute Gasteiger partial charge is 0.355 e. The number of H-pyrrole nitrogens is 1. The Bertz CT molecular complexity index is 1700. The number of hydrogen-bond acceptors (Lipinski definition) is 0. The lowest BCUT2D eigenvalue weighted by Gasteiger charge is -2.09. The number of benzene rings is 4. The second kappa shape index (κ2) is 7.65. The molecule has 0 radical (unpaired) electrons. The Balaban J connectivity index is 1.59. The maximum absolute atomic E-state index is 4.11. The van der Waals surface area contributed by atoms with Crippen LogP contribution in [0.2, 0.25) is 0 Å². The van der Waals surface area contributed by atoms with Crippen molar-refractivity contribution in [2.24, 2.45) is 0 Å². The van der Waals surface area contributed by atoms with Gasteiger partial charge in [0.25, 0.3) is 0 Å². The monoisotopic (exact) mass is 488 g/mol. The van der Waals surface area contributed by atoms with Crippen molar-refractivity contribution < 1.29 is 0 Å². The molecule has 2 heterocycles. The van der Waals surface area contributed by atoms with Crippen LogP contribution in [-0.4, -0.2) is 9.55 Å². The fourth-order valence-corrected chi connectivity index (χ4v) is 5.20. The van der Waals surface area contributed by atoms with E-state index in [2.05, 4.69) is 118 Å². The molecule has 0 atom stereocenters. The number of hydrogen-bond donors (Lipinski definition) is 1. The number of nitrogens with one attached hydrogen (secondary N) is 1. The topological polar surface area (TPSA) is 20.7 Å². The molecular formula is C30H21BrN2. The summed E-state index contributed by atoms with van der Waals surface area (Å²) in [6.45, 7) is 8.20. The van der Waals surface area contributed by atoms with Crippen LogP contribution in [0, 0.1) is 0 Å². The van der Waals surface area contributed by atoms with Gasteiger partial charge in [-0.25, -0.2) is 0 Å². The molecule has 158 valence electrons. The molecule has 0 amide bonds. The highest BCUT2D eigenvalue weighted by Crippen LogP contribution is 2.36. The first-order valence-electron chi connectivity index (χ1n) is 10.9. The summed E-state index contributed by atoms with van der Waals surface area (Å²) in [7, 11) is 0. The van der Waals surface area contributed by atoms with Gasteiger partial charge >= 0.3 is 0 Å². The van der Waals surface area contributed by atoms with Crippen molar-refractivity contribution in [3.8, 4) is 16.8 Å². The summed E-state index contributed by atoms with van der Waals surface area (Å²) in [5.41, 5.74) is 9.07. The second-order valence-electron chi connectivity index (χ2n) is 8.19. The Morgan fingerprint density at radius 2 is 1.36 bits per heavy atom. The Hall–Kier alpha value is -3.82. The first kappa shape index (κ1) is 19.8. The third kappa shape index (κ3) is 3.08. The Morgan fingerprint density at radius 3 is 2.09 bits per heavy atom. The van der Waals surface area contributed by atoms with E-state index in [-0.39, 0.29) is 0 Å². The zero-order valence-electron chi connectivity index (χ0n) is 18.0. The van der Waals surface area contributed by atoms with E-state index in [4.69, 9.17) is 0 Å². The molecule has 0 aliphatic rings. The molecule has 0 saturated carbocycles. The number of nitrogens with zero attached hydrogens (tertiary/aromatic N) is 1. The zero-order chi connectivity index (χ0) is 22.5. The summed E-state index contributed by atoms with van der Waals surface area (Å²) < 4.78 is 3.33. The van der Waals surface area contributed by atoms with Crippen LogP contribution in [0.1, 0.15) is 11.3 Å². The van der Waals surface area contributed by atoms with Crippen LogP contribution in [0.5, 0.6) is 0 Å². The Morgan fingerprint density at radius 1 is 0.697 bits per heavy atom. The van der Waals surface area contributed by atoms with E-state index < -0.39 is 0 Å². The number of aromatic amines is 1. The maximum atomic E-state index is 4.11. The predicted molar refractivity (Wildman–Crippen MR) is 146 cm³/mol. The van der Waals surface area contributed by atoms with Crippen LogP contribution in [0.15, 0.2) is 103 Å². The number of fused-ring (bicyclic) bond motifs is 4. The third-order valence-electron chi connectivity index (χ3n) is 6.35. The van der Waals surface area contributed by atoms with Crippen LogP contribution in [0.4, 0.5) is 0 Å². The molecule has 0 bridgehead atoms. The van der Waals surface area contributed by atoms with Gasteiger partial charge in [-0.3, -0.25) is 0 Å². The summed E-state index contributed by atoms with van der Waals surface area (Å²) >= 11 is 3.61. The average molecular weight is 489 g/mol. The zero-order valence-corrected chi connectivity index (χ0v) is 19.6. The molecule has 0 aliphatic carbocycles. The van der Waals surface area contributed by atoms with Crippen LogP contribution in [0.3, 0.4) is 0 Å². The number of aromatic nitrogens is 2. The van der Waals surface area contributed by atoms with E-state index in [0.717, 1.165) is 38.0 Å². The molecular weight excluding hydrogens is 468 g/mol. The van der Waals surface area contributed by atoms with Gasteiger partial charge in [-0.05, 0) is 71.8 Å². The van der Waals surface area contributed by atoms with E-state index in [9.17, 15) is 0 Å². The quantitative estimate of drug-likeness (QED) is 0.255. The first-order valence-corrected chi connectivity index (χ1v) is 11.7. The van der Waals surface area contributed by atoms with Crippen LogP contribution < -0.4 is 0 Å². The number of rotatable bonds is 4. The van der Waals surface area contributed by atoms with Crippen LogP contribution >= 0.6 is 15.9 Å². The Labute approximate surface area is 200 Å². The molecule has 6 rings (SSSR count). The molecule has 0 saturated heterocycles. The van der Waals surface area contributed by atoms with E-state index in [1.807, 2.05) is 18.2 Å². The highest BCUT2D eigenvalue weighted by Gasteiger charge is 2.16. The molecule has 6 aromatic rings. The molecule has 0 aliphatic heterocycles. The number of halogens is 1. The smallest absolute Gasteiger partial charge is 0.0541 e. The maximum Gasteiger partial charge on any atom is 0.0541 e. The molecule has 2 aromatic heterocycles. The van der Waals surface area contributed by atoms with E-state index in [0.29, 0.717) is 0 Å². The van der Waals surface area contributed by atoms with Crippen molar-refractivity contribution in [3.05, 3.63) is 114 Å². The summed E-state index contributed by atoms with van der Waals surface area (Å²) in [5, 5.41) is 3.61. The minimum atomic E-state index is 1.06. The molecule has 0 unspecified atom stereocenters. The van der Waals surface area contributed by atoms with Gasteiger partial charge in [0.1, 0.15) is 0 Å². The van der Waals surface area contributed by atoms with Crippen molar-refractivity contribution in [1.29, 1.82) is 0 Å². The van der Waals surface area contributed by atoms with Crippen LogP contribution in [0.25, 0.3) is 61.7 Å². The van der Waals surface area contributed by atoms with E-state index >= 15 is 0 Å². The molecule has 3 heteroatoms. The van der Waals surface area contributed by atoms with Crippen LogP contribution in [-0.2, 0) is 0 Å². The minimum absolute atomic E-state index is 1.06. The predicted octanol–water partition coefficient (Wildman–Crippen LogP) is 8.98. The lowest BCUT2D eigenvalue weighted by Crippen LogP contribution is -1.96. The lowest BCUT2D eigenvalue weighted by atomic mass is 10.00. The van der Waals surface area contributed by atoms with Gasteiger partial charge < -0.3 is 9.55 Å². The van der Waals surface area contributed by atoms with Gasteiger partial charge in [-0.1, -0.05) is 65.5 Å². The normalized spacial score (nSPS) is 11.4. The summed E-state index contributed by atoms with van der Waals surface area (Å²) in [5.74, 6) is 0. The SMILES string of the molecule is C=Cc1c(C=C)n(-c2ccccc2)c2ccc(-c3ccc4[nH]c5ccc(Br)cc5c4c3)cc12. The summed E-state index contributed by atoms with van der Waals surface area (Å²) in [6, 6.07) is 30.1. The molecule has 0 spiro atoms. The molecule has 1 N–H and O–H groups in total.